The molecule has 0 aromatic heterocycles. The van der Waals surface area contributed by atoms with Crippen LogP contribution in [0.25, 0.3) is 0 Å². The van der Waals surface area contributed by atoms with E-state index in [0.717, 1.165) is 0 Å². The summed E-state index contributed by atoms with van der Waals surface area (Å²) in [5.41, 5.74) is 28.6. The maximum Gasteiger partial charge on any atom is 0.326 e. The first-order chi connectivity index (χ1) is 31.4. The number of nitrogens with two attached hydrogens (primary N) is 5. The number of hydrogen-bond acceptors (Lipinski definition) is 11. The summed E-state index contributed by atoms with van der Waals surface area (Å²) < 4.78 is 0. The molecule has 2 aromatic rings. The summed E-state index contributed by atoms with van der Waals surface area (Å²) in [6, 6.07) is 9.60. The van der Waals surface area contributed by atoms with Gasteiger partial charge in [0.2, 0.25) is 41.4 Å². The molecule has 1 aliphatic rings. The van der Waals surface area contributed by atoms with Gasteiger partial charge in [-0.25, -0.2) is 4.79 Å². The molecule has 1 saturated heterocycles. The Labute approximate surface area is 382 Å². The Kier molecular flexibility index (Phi) is 21.8. The molecular weight excluding hydrogens is 857 g/mol. The average Bonchev–Trinajstić information content (AvgIpc) is 3.78. The molecule has 0 radical (unpaired) electrons. The Morgan fingerprint density at radius 3 is 1.73 bits per heavy atom. The van der Waals surface area contributed by atoms with Gasteiger partial charge in [-0.05, 0) is 63.5 Å². The minimum Gasteiger partial charge on any atom is -0.480 e. The molecule has 17 N–H and O–H groups in total. The summed E-state index contributed by atoms with van der Waals surface area (Å²) in [6.45, 7) is 2.87. The van der Waals surface area contributed by atoms with Crippen LogP contribution in [-0.2, 0) is 51.2 Å². The molecule has 2 aromatic carbocycles. The number of carboxylic acids is 1. The van der Waals surface area contributed by atoms with Gasteiger partial charge in [-0.15, -0.1) is 0 Å². The molecule has 1 fully saturated rings. The molecule has 23 heteroatoms. The van der Waals surface area contributed by atoms with E-state index in [1.54, 1.807) is 60.7 Å². The van der Waals surface area contributed by atoms with Gasteiger partial charge >= 0.3 is 5.97 Å². The Morgan fingerprint density at radius 1 is 0.667 bits per heavy atom. The lowest BCUT2D eigenvalue weighted by Gasteiger charge is -2.29. The fraction of sp³-hybridized carbons (Fsp3) is 0.488. The third-order valence-corrected chi connectivity index (χ3v) is 10.5. The smallest absolute Gasteiger partial charge is 0.326 e. The van der Waals surface area contributed by atoms with Crippen LogP contribution in [0.1, 0.15) is 63.5 Å². The van der Waals surface area contributed by atoms with Gasteiger partial charge in [0.1, 0.15) is 36.3 Å². The minimum atomic E-state index is -1.31. The number of nitrogens with one attached hydrogen (secondary N) is 6. The van der Waals surface area contributed by atoms with Gasteiger partial charge in [0.25, 0.3) is 0 Å². The Bertz CT molecular complexity index is 2030. The maximum atomic E-state index is 13.9. The normalized spacial score (nSPS) is 15.8. The predicted molar refractivity (Wildman–Crippen MR) is 244 cm³/mol. The number of guanidine groups is 2. The molecule has 23 nitrogen and oxygen atoms in total. The lowest BCUT2D eigenvalue weighted by Crippen LogP contribution is -2.58. The zero-order chi connectivity index (χ0) is 48.8. The molecule has 360 valence electrons. The van der Waals surface area contributed by atoms with Crippen molar-refractivity contribution in [3.63, 3.8) is 0 Å². The predicted octanol–water partition coefficient (Wildman–Crippen LogP) is -3.44. The Hall–Kier alpha value is -7.30. The van der Waals surface area contributed by atoms with Crippen molar-refractivity contribution in [3.05, 3.63) is 71.8 Å². The molecule has 0 saturated carbocycles. The van der Waals surface area contributed by atoms with Crippen LogP contribution in [-0.4, -0.2) is 138 Å². The fourth-order valence-electron chi connectivity index (χ4n) is 6.95. The summed E-state index contributed by atoms with van der Waals surface area (Å²) in [7, 11) is 0. The molecule has 1 heterocycles. The zero-order valence-corrected chi connectivity index (χ0v) is 37.2. The number of amides is 7. The van der Waals surface area contributed by atoms with Crippen molar-refractivity contribution < 1.29 is 43.5 Å². The first kappa shape index (κ1) is 53.0. The Morgan fingerprint density at radius 2 is 1.18 bits per heavy atom. The molecule has 7 atom stereocenters. The van der Waals surface area contributed by atoms with Crippen LogP contribution in [0.4, 0.5) is 0 Å². The number of hydrogen-bond donors (Lipinski definition) is 12. The minimum absolute atomic E-state index is 0.00659. The van der Waals surface area contributed by atoms with E-state index in [0.29, 0.717) is 24.0 Å². The fourth-order valence-corrected chi connectivity index (χ4v) is 6.95. The highest BCUT2D eigenvalue weighted by Gasteiger charge is 2.39. The van der Waals surface area contributed by atoms with Gasteiger partial charge in [-0.1, -0.05) is 60.7 Å². The SMILES string of the molecule is C[C@H](NC(=O)[C@@H](N)CCCN=C(N)N)C(=O)NCC(=O)N[C@@H](Cc1ccccc1)C(=O)N[C@@H](C)C(=O)N1CCC[C@H]1C(=O)N[C@@H](Cc1ccccc1)C(=O)N[C@@H](CCCN=C(N)N)C(=O)O. The van der Waals surface area contributed by atoms with Crippen LogP contribution in [0, 0.1) is 0 Å². The monoisotopic (exact) mass is 920 g/mol. The molecule has 3 rings (SSSR count). The van der Waals surface area contributed by atoms with E-state index in [4.69, 9.17) is 28.7 Å². The molecular formula is C43H64N14O9. The number of rotatable bonds is 26. The molecule has 66 heavy (non-hydrogen) atoms. The van der Waals surface area contributed by atoms with Gasteiger partial charge < -0.3 is 70.6 Å². The van der Waals surface area contributed by atoms with Crippen LogP contribution in [0.3, 0.4) is 0 Å². The van der Waals surface area contributed by atoms with E-state index in [1.165, 1.54) is 18.7 Å². The average molecular weight is 921 g/mol. The Balaban J connectivity index is 1.66. The van der Waals surface area contributed by atoms with Crippen LogP contribution in [0.5, 0.6) is 0 Å². The lowest BCUT2D eigenvalue weighted by atomic mass is 10.0. The first-order valence-corrected chi connectivity index (χ1v) is 21.6. The van der Waals surface area contributed by atoms with Gasteiger partial charge in [0.05, 0.1) is 12.6 Å². The standard InChI is InChI=1S/C43H64N14O9/c1-25(52-36(60)29(44)16-9-19-49-42(45)46)35(59)51-24-34(58)54-31(22-27-12-5-3-6-13-27)37(61)53-26(2)40(64)57-21-11-18-33(57)39(63)56-32(23-28-14-7-4-8-15-28)38(62)55-30(41(65)66)17-10-20-50-43(47)48/h3-8,12-15,25-26,29-33H,9-11,16-24,44H2,1-2H3,(H,51,59)(H,52,60)(H,53,61)(H,54,58)(H,55,62)(H,56,63)(H,65,66)(H4,45,46,49)(H4,47,48,50)/t25-,26-,29-,30-,31-,32-,33-/m0/s1. The quantitative estimate of drug-likeness (QED) is 0.0248. The second kappa shape index (κ2) is 27.1. The topological polar surface area (TPSA) is 387 Å². The largest absolute Gasteiger partial charge is 0.480 e. The second-order valence-electron chi connectivity index (χ2n) is 15.8. The zero-order valence-electron chi connectivity index (χ0n) is 37.2. The van der Waals surface area contributed by atoms with Crippen LogP contribution < -0.4 is 60.6 Å². The van der Waals surface area contributed by atoms with Crippen molar-refractivity contribution in [1.29, 1.82) is 0 Å². The highest BCUT2D eigenvalue weighted by molar-refractivity contribution is 5.97. The third-order valence-electron chi connectivity index (χ3n) is 10.5. The van der Waals surface area contributed by atoms with Crippen molar-refractivity contribution in [1.82, 2.24) is 36.8 Å². The van der Waals surface area contributed by atoms with Crippen LogP contribution in [0.15, 0.2) is 70.6 Å². The van der Waals surface area contributed by atoms with E-state index in [2.05, 4.69) is 41.9 Å². The number of aliphatic carboxylic acids is 1. The van der Waals surface area contributed by atoms with Crippen LogP contribution >= 0.6 is 0 Å². The number of carbonyl (C=O) groups excluding carboxylic acids is 7. The molecule has 0 unspecified atom stereocenters. The molecule has 7 amide bonds. The summed E-state index contributed by atoms with van der Waals surface area (Å²) in [5.74, 6) is -6.27. The van der Waals surface area contributed by atoms with E-state index < -0.39 is 96.2 Å². The van der Waals surface area contributed by atoms with Crippen molar-refractivity contribution in [2.75, 3.05) is 26.2 Å². The number of likely N-dealkylation sites (tertiary alicyclic amines) is 1. The molecule has 0 bridgehead atoms. The summed E-state index contributed by atoms with van der Waals surface area (Å²) in [5, 5.41) is 25.2. The van der Waals surface area contributed by atoms with Gasteiger partial charge in [-0.3, -0.25) is 43.5 Å². The van der Waals surface area contributed by atoms with E-state index in [1.807, 2.05) is 0 Å². The number of benzene rings is 2. The molecule has 0 spiro atoms. The van der Waals surface area contributed by atoms with E-state index >= 15 is 0 Å². The molecule has 0 aliphatic carbocycles. The number of carboxylic acid groups (broad SMARTS) is 1. The highest BCUT2D eigenvalue weighted by atomic mass is 16.4. The van der Waals surface area contributed by atoms with Crippen molar-refractivity contribution in [3.8, 4) is 0 Å². The number of nitrogens with zero attached hydrogens (tertiary/aromatic N) is 3. The van der Waals surface area contributed by atoms with Crippen molar-refractivity contribution in [2.24, 2.45) is 38.7 Å². The van der Waals surface area contributed by atoms with Gasteiger partial charge in [0.15, 0.2) is 11.9 Å². The summed E-state index contributed by atoms with van der Waals surface area (Å²) in [6.07, 6.45) is 1.64. The third kappa shape index (κ3) is 18.4. The van der Waals surface area contributed by atoms with Gasteiger partial charge in [-0.2, -0.15) is 0 Å². The summed E-state index contributed by atoms with van der Waals surface area (Å²) in [4.78, 5) is 115. The second-order valence-corrected chi connectivity index (χ2v) is 15.8. The number of aliphatic imine (C=N–C) groups is 2. The maximum absolute atomic E-state index is 13.9. The van der Waals surface area contributed by atoms with Gasteiger partial charge in [0, 0.05) is 32.5 Å². The number of carbonyl (C=O) groups is 8. The molecule has 1 aliphatic heterocycles. The van der Waals surface area contributed by atoms with Crippen molar-refractivity contribution >= 4 is 59.2 Å². The summed E-state index contributed by atoms with van der Waals surface area (Å²) >= 11 is 0. The van der Waals surface area contributed by atoms with Crippen molar-refractivity contribution in [2.45, 2.75) is 108 Å². The van der Waals surface area contributed by atoms with E-state index in [9.17, 15) is 43.5 Å². The highest BCUT2D eigenvalue weighted by Crippen LogP contribution is 2.20. The lowest BCUT2D eigenvalue weighted by molar-refractivity contribution is -0.143. The van der Waals surface area contributed by atoms with E-state index in [-0.39, 0.29) is 70.1 Å². The van der Waals surface area contributed by atoms with Crippen LogP contribution in [0.2, 0.25) is 0 Å². The first-order valence-electron chi connectivity index (χ1n) is 21.6.